The summed E-state index contributed by atoms with van der Waals surface area (Å²) in [5.41, 5.74) is 0.556. The Kier molecular flexibility index (Phi) is 8.91. The van der Waals surface area contributed by atoms with E-state index >= 15 is 0 Å². The lowest BCUT2D eigenvalue weighted by atomic mass is 10.2. The van der Waals surface area contributed by atoms with Gasteiger partial charge >= 0.3 is 0 Å². The van der Waals surface area contributed by atoms with Crippen LogP contribution in [0.4, 0.5) is 10.1 Å². The van der Waals surface area contributed by atoms with E-state index in [4.69, 9.17) is 0 Å². The van der Waals surface area contributed by atoms with Gasteiger partial charge in [0.15, 0.2) is 5.96 Å². The maximum atomic E-state index is 12.8. The van der Waals surface area contributed by atoms with Gasteiger partial charge in [-0.2, -0.15) is 0 Å². The number of nitrogens with zero attached hydrogens (tertiary/aromatic N) is 2. The molecule has 1 amide bonds. The van der Waals surface area contributed by atoms with Crippen molar-refractivity contribution in [1.29, 1.82) is 0 Å². The fraction of sp³-hybridized carbons (Fsp3) is 0.556. The summed E-state index contributed by atoms with van der Waals surface area (Å²) in [7, 11) is 1.66. The first kappa shape index (κ1) is 20.9. The second kappa shape index (κ2) is 10.7. The molecule has 25 heavy (non-hydrogen) atoms. The minimum absolute atomic E-state index is 0.0785. The second-order valence-corrected chi connectivity index (χ2v) is 6.33. The van der Waals surface area contributed by atoms with Gasteiger partial charge in [-0.3, -0.25) is 14.7 Å². The maximum Gasteiger partial charge on any atom is 0.243 e. The molecule has 6 nitrogen and oxygen atoms in total. The largest absolute Gasteiger partial charge is 0.355 e. The Hall–Kier alpha value is -2.15. The van der Waals surface area contributed by atoms with Crippen molar-refractivity contribution in [3.8, 4) is 0 Å². The van der Waals surface area contributed by atoms with Crippen molar-refractivity contribution in [3.05, 3.63) is 30.1 Å². The van der Waals surface area contributed by atoms with Gasteiger partial charge in [-0.25, -0.2) is 4.39 Å². The summed E-state index contributed by atoms with van der Waals surface area (Å²) in [6.45, 7) is 10.4. The lowest BCUT2D eigenvalue weighted by Crippen LogP contribution is -2.46. The average Bonchev–Trinajstić information content (AvgIpc) is 2.55. The van der Waals surface area contributed by atoms with Gasteiger partial charge in [0.2, 0.25) is 5.91 Å². The third-order valence-corrected chi connectivity index (χ3v) is 3.76. The SMILES string of the molecule is CN=C(NCCN(C(C)C)C(C)C)NCC(=O)Nc1ccc(F)cc1. The van der Waals surface area contributed by atoms with E-state index in [0.29, 0.717) is 23.7 Å². The molecule has 0 heterocycles. The lowest BCUT2D eigenvalue weighted by molar-refractivity contribution is -0.115. The fourth-order valence-electron chi connectivity index (χ4n) is 2.54. The Balaban J connectivity index is 2.36. The number of rotatable bonds is 8. The summed E-state index contributed by atoms with van der Waals surface area (Å²) in [4.78, 5) is 18.4. The van der Waals surface area contributed by atoms with Crippen molar-refractivity contribution in [1.82, 2.24) is 15.5 Å². The molecule has 0 bridgehead atoms. The van der Waals surface area contributed by atoms with Crippen molar-refractivity contribution in [2.24, 2.45) is 4.99 Å². The number of nitrogens with one attached hydrogen (secondary N) is 3. The smallest absolute Gasteiger partial charge is 0.243 e. The number of benzene rings is 1. The van der Waals surface area contributed by atoms with E-state index in [9.17, 15) is 9.18 Å². The number of carbonyl (C=O) groups excluding carboxylic acids is 1. The standard InChI is InChI=1S/C18H30FN5O/c1-13(2)24(14(3)4)11-10-21-18(20-5)22-12-17(25)23-16-8-6-15(19)7-9-16/h6-9,13-14H,10-12H2,1-5H3,(H,23,25)(H2,20,21,22). The van der Waals surface area contributed by atoms with Crippen LogP contribution < -0.4 is 16.0 Å². The van der Waals surface area contributed by atoms with E-state index in [2.05, 4.69) is 53.5 Å². The molecule has 7 heteroatoms. The van der Waals surface area contributed by atoms with Crippen molar-refractivity contribution in [2.75, 3.05) is 32.0 Å². The second-order valence-electron chi connectivity index (χ2n) is 6.33. The number of hydrogen-bond donors (Lipinski definition) is 3. The zero-order chi connectivity index (χ0) is 18.8. The summed E-state index contributed by atoms with van der Waals surface area (Å²) in [6, 6.07) is 6.59. The molecular weight excluding hydrogens is 321 g/mol. The Morgan fingerprint density at radius 2 is 1.72 bits per heavy atom. The van der Waals surface area contributed by atoms with E-state index in [-0.39, 0.29) is 18.3 Å². The van der Waals surface area contributed by atoms with Crippen LogP contribution in [-0.2, 0) is 4.79 Å². The van der Waals surface area contributed by atoms with Gasteiger partial charge in [-0.1, -0.05) is 0 Å². The minimum Gasteiger partial charge on any atom is -0.355 e. The van der Waals surface area contributed by atoms with Gasteiger partial charge in [0.1, 0.15) is 5.82 Å². The first-order valence-electron chi connectivity index (χ1n) is 8.59. The molecule has 0 unspecified atom stereocenters. The topological polar surface area (TPSA) is 68.8 Å². The monoisotopic (exact) mass is 351 g/mol. The van der Waals surface area contributed by atoms with Crippen LogP contribution in [0.1, 0.15) is 27.7 Å². The van der Waals surface area contributed by atoms with E-state index in [1.54, 1.807) is 7.05 Å². The van der Waals surface area contributed by atoms with Crippen molar-refractivity contribution in [3.63, 3.8) is 0 Å². The van der Waals surface area contributed by atoms with Crippen molar-refractivity contribution >= 4 is 17.6 Å². The highest BCUT2D eigenvalue weighted by Gasteiger charge is 2.12. The number of carbonyl (C=O) groups is 1. The van der Waals surface area contributed by atoms with Gasteiger partial charge in [0.25, 0.3) is 0 Å². The number of amides is 1. The fourth-order valence-corrected chi connectivity index (χ4v) is 2.54. The van der Waals surface area contributed by atoms with E-state index in [1.807, 2.05) is 0 Å². The molecule has 0 saturated heterocycles. The molecule has 0 aliphatic heterocycles. The molecule has 3 N–H and O–H groups in total. The van der Waals surface area contributed by atoms with Gasteiger partial charge in [0, 0.05) is 37.9 Å². The molecule has 140 valence electrons. The predicted octanol–water partition coefficient (Wildman–Crippen LogP) is 2.05. The Morgan fingerprint density at radius 3 is 2.24 bits per heavy atom. The van der Waals surface area contributed by atoms with Crippen molar-refractivity contribution in [2.45, 2.75) is 39.8 Å². The zero-order valence-corrected chi connectivity index (χ0v) is 15.8. The summed E-state index contributed by atoms with van der Waals surface area (Å²) in [5.74, 6) is 0.0137. The van der Waals surface area contributed by atoms with Crippen LogP contribution in [0.5, 0.6) is 0 Å². The van der Waals surface area contributed by atoms with Gasteiger partial charge < -0.3 is 16.0 Å². The highest BCUT2D eigenvalue weighted by Crippen LogP contribution is 2.07. The molecule has 0 aromatic heterocycles. The highest BCUT2D eigenvalue weighted by molar-refractivity contribution is 5.94. The molecular formula is C18H30FN5O. The van der Waals surface area contributed by atoms with E-state index < -0.39 is 0 Å². The summed E-state index contributed by atoms with van der Waals surface area (Å²) < 4.78 is 12.8. The van der Waals surface area contributed by atoms with Gasteiger partial charge in [0.05, 0.1) is 6.54 Å². The molecule has 0 aliphatic carbocycles. The lowest BCUT2D eigenvalue weighted by Gasteiger charge is -2.30. The zero-order valence-electron chi connectivity index (χ0n) is 15.8. The van der Waals surface area contributed by atoms with Crippen LogP contribution in [0.3, 0.4) is 0 Å². The average molecular weight is 351 g/mol. The first-order valence-corrected chi connectivity index (χ1v) is 8.59. The summed E-state index contributed by atoms with van der Waals surface area (Å²) >= 11 is 0. The molecule has 1 rings (SSSR count). The molecule has 0 spiro atoms. The number of hydrogen-bond acceptors (Lipinski definition) is 3. The van der Waals surface area contributed by atoms with Crippen LogP contribution in [0.2, 0.25) is 0 Å². The quantitative estimate of drug-likeness (QED) is 0.495. The van der Waals surface area contributed by atoms with Gasteiger partial charge in [-0.05, 0) is 52.0 Å². The van der Waals surface area contributed by atoms with Crippen LogP contribution in [0.25, 0.3) is 0 Å². The van der Waals surface area contributed by atoms with Crippen LogP contribution in [0, 0.1) is 5.82 Å². The van der Waals surface area contributed by atoms with Crippen LogP contribution in [-0.4, -0.2) is 55.5 Å². The number of guanidine groups is 1. The third-order valence-electron chi connectivity index (χ3n) is 3.76. The Morgan fingerprint density at radius 1 is 1.12 bits per heavy atom. The number of halogens is 1. The maximum absolute atomic E-state index is 12.8. The third kappa shape index (κ3) is 7.98. The van der Waals surface area contributed by atoms with Crippen LogP contribution >= 0.6 is 0 Å². The molecule has 1 aromatic carbocycles. The normalized spacial score (nSPS) is 12.0. The van der Waals surface area contributed by atoms with Crippen LogP contribution in [0.15, 0.2) is 29.3 Å². The van der Waals surface area contributed by atoms with Crippen molar-refractivity contribution < 1.29 is 9.18 Å². The molecule has 0 saturated carbocycles. The molecule has 0 atom stereocenters. The van der Waals surface area contributed by atoms with Gasteiger partial charge in [-0.15, -0.1) is 0 Å². The molecule has 0 aliphatic rings. The van der Waals surface area contributed by atoms with E-state index in [0.717, 1.165) is 13.1 Å². The first-order chi connectivity index (χ1) is 11.8. The summed E-state index contributed by atoms with van der Waals surface area (Å²) in [5, 5.41) is 8.86. The predicted molar refractivity (Wildman–Crippen MR) is 101 cm³/mol. The highest BCUT2D eigenvalue weighted by atomic mass is 19.1. The minimum atomic E-state index is -0.336. The Labute approximate surface area is 149 Å². The molecule has 0 radical (unpaired) electrons. The Bertz CT molecular complexity index is 549. The summed E-state index contributed by atoms with van der Waals surface area (Å²) in [6.07, 6.45) is 0. The van der Waals surface area contributed by atoms with E-state index in [1.165, 1.54) is 24.3 Å². The molecule has 0 fully saturated rings. The number of aliphatic imine (C=N–C) groups is 1. The number of anilines is 1. The molecule has 1 aromatic rings.